The van der Waals surface area contributed by atoms with Crippen LogP contribution in [0.25, 0.3) is 0 Å². The van der Waals surface area contributed by atoms with Gasteiger partial charge in [-0.15, -0.1) is 0 Å². The fourth-order valence-electron chi connectivity index (χ4n) is 13.9. The Labute approximate surface area is 582 Å². The van der Waals surface area contributed by atoms with Crippen LogP contribution in [0.15, 0.2) is 12.2 Å². The van der Waals surface area contributed by atoms with Gasteiger partial charge in [-0.25, -0.2) is 0 Å². The Morgan fingerprint density at radius 3 is 0.979 bits per heavy atom. The van der Waals surface area contributed by atoms with Gasteiger partial charge >= 0.3 is 0 Å². The van der Waals surface area contributed by atoms with E-state index in [0.717, 1.165) is 44.9 Å². The van der Waals surface area contributed by atoms with Crippen LogP contribution in [-0.2, 0) is 33.2 Å². The van der Waals surface area contributed by atoms with Crippen LogP contribution in [0.1, 0.15) is 341 Å². The van der Waals surface area contributed by atoms with Gasteiger partial charge < -0.3 is 89.9 Å². The molecule has 1 amide bonds. The third kappa shape index (κ3) is 39.3. The maximum atomic E-state index is 13.5. The Morgan fingerprint density at radius 1 is 0.365 bits per heavy atom. The van der Waals surface area contributed by atoms with Crippen molar-refractivity contribution in [2.45, 2.75) is 446 Å². The molecule has 0 saturated carbocycles. The molecule has 19 nitrogen and oxygen atoms in total. The first-order chi connectivity index (χ1) is 46.8. The highest BCUT2D eigenvalue weighted by Crippen LogP contribution is 2.33. The van der Waals surface area contributed by atoms with Crippen molar-refractivity contribution in [3.63, 3.8) is 0 Å². The summed E-state index contributed by atoms with van der Waals surface area (Å²) in [5.41, 5.74) is 0. The van der Waals surface area contributed by atoms with Crippen molar-refractivity contribution in [3.8, 4) is 0 Å². The maximum absolute atomic E-state index is 13.5. The van der Waals surface area contributed by atoms with Gasteiger partial charge in [0.25, 0.3) is 0 Å². The third-order valence-corrected chi connectivity index (χ3v) is 20.3. The number of ether oxygens (including phenoxy) is 6. The molecule has 3 heterocycles. The summed E-state index contributed by atoms with van der Waals surface area (Å²) in [4.78, 5) is 13.5. The first-order valence-corrected chi connectivity index (χ1v) is 39.9. The van der Waals surface area contributed by atoms with Crippen LogP contribution < -0.4 is 5.32 Å². The van der Waals surface area contributed by atoms with Crippen molar-refractivity contribution >= 4 is 5.91 Å². The highest BCUT2D eigenvalue weighted by atomic mass is 16.8. The molecule has 3 aliphatic heterocycles. The van der Waals surface area contributed by atoms with E-state index in [1.165, 1.54) is 270 Å². The van der Waals surface area contributed by atoms with Crippen molar-refractivity contribution in [1.29, 1.82) is 0 Å². The van der Waals surface area contributed by atoms with Crippen LogP contribution >= 0.6 is 0 Å². The van der Waals surface area contributed by atoms with Gasteiger partial charge in [-0.05, 0) is 19.3 Å². The average molecular weight is 1380 g/mol. The molecule has 0 spiro atoms. The number of hydrogen-bond donors (Lipinski definition) is 12. The van der Waals surface area contributed by atoms with E-state index < -0.39 is 124 Å². The van der Waals surface area contributed by atoms with Crippen LogP contribution in [0, 0.1) is 0 Å². The number of carbonyl (C=O) groups is 1. The SMILES string of the molecule is CCCCCCCCCCCCCCCCCCC/C=C/C(O)C(COC1OC(CO)C(OC2OC(CO)C(OC3OC(CO)C(O)C(O)C3O)C(O)C2O)C(O)C1O)NC(=O)CCCCCCCCCCCCCCCCCCCCCCCCCCCCCCCCCC. The average Bonchev–Trinajstić information content (AvgIpc) is 0.798. The van der Waals surface area contributed by atoms with Crippen molar-refractivity contribution in [2.24, 2.45) is 0 Å². The summed E-state index contributed by atoms with van der Waals surface area (Å²) < 4.78 is 34.4. The number of nitrogens with one attached hydrogen (secondary N) is 1. The molecule has 0 aliphatic carbocycles. The zero-order chi connectivity index (χ0) is 69.6. The molecular weight excluding hydrogens is 1230 g/mol. The van der Waals surface area contributed by atoms with Crippen molar-refractivity contribution < 1.29 is 89.4 Å². The summed E-state index contributed by atoms with van der Waals surface area (Å²) in [7, 11) is 0. The Bertz CT molecular complexity index is 1790. The molecule has 3 fully saturated rings. The number of aliphatic hydroxyl groups excluding tert-OH is 11. The van der Waals surface area contributed by atoms with E-state index in [-0.39, 0.29) is 18.9 Å². The number of amides is 1. The lowest BCUT2D eigenvalue weighted by molar-refractivity contribution is -0.379. The summed E-state index contributed by atoms with van der Waals surface area (Å²) in [6.07, 6.45) is 42.1. The molecular formula is C77H147NO18. The van der Waals surface area contributed by atoms with Gasteiger partial charge in [-0.1, -0.05) is 328 Å². The van der Waals surface area contributed by atoms with Crippen molar-refractivity contribution in [3.05, 3.63) is 12.2 Å². The molecule has 96 heavy (non-hydrogen) atoms. The summed E-state index contributed by atoms with van der Waals surface area (Å²) in [6.45, 7) is 1.80. The summed E-state index contributed by atoms with van der Waals surface area (Å²) >= 11 is 0. The monoisotopic (exact) mass is 1370 g/mol. The molecule has 0 aromatic rings. The summed E-state index contributed by atoms with van der Waals surface area (Å²) in [5, 5.41) is 121. The predicted molar refractivity (Wildman–Crippen MR) is 379 cm³/mol. The molecule has 17 atom stereocenters. The number of allylic oxidation sites excluding steroid dienone is 1. The second-order valence-corrected chi connectivity index (χ2v) is 28.9. The molecule has 568 valence electrons. The standard InChI is InChI=1S/C77H147NO18/c1-3-5-7-9-11-13-15-17-19-21-23-24-25-26-27-28-29-30-31-32-33-34-35-37-39-41-43-45-47-49-51-53-55-65(83)78-60(61(82)54-52-50-48-46-44-42-40-38-36-22-20-18-16-14-12-10-8-6-4-2)59-91-75-71(89)68(86)73(63(57-80)93-75)96-77-72(90)69(87)74(64(58-81)94-77)95-76-70(88)67(85)66(84)62(56-79)92-76/h52,54,60-64,66-77,79-82,84-90H,3-51,53,55-59H2,1-2H3,(H,78,83)/b54-52+. The van der Waals surface area contributed by atoms with Crippen LogP contribution in [0.4, 0.5) is 0 Å². The third-order valence-electron chi connectivity index (χ3n) is 20.3. The van der Waals surface area contributed by atoms with Crippen molar-refractivity contribution in [2.75, 3.05) is 26.4 Å². The Kier molecular flexibility index (Phi) is 54.5. The van der Waals surface area contributed by atoms with Crippen LogP contribution in [-0.4, -0.2) is 193 Å². The lowest BCUT2D eigenvalue weighted by Crippen LogP contribution is -2.66. The lowest BCUT2D eigenvalue weighted by Gasteiger charge is -2.48. The minimum Gasteiger partial charge on any atom is -0.394 e. The van der Waals surface area contributed by atoms with Gasteiger partial charge in [-0.3, -0.25) is 4.79 Å². The number of carbonyl (C=O) groups excluding carboxylic acids is 1. The number of aliphatic hydroxyl groups is 11. The summed E-state index contributed by atoms with van der Waals surface area (Å²) in [6, 6.07) is -0.969. The van der Waals surface area contributed by atoms with Crippen LogP contribution in [0.5, 0.6) is 0 Å². The summed E-state index contributed by atoms with van der Waals surface area (Å²) in [5.74, 6) is -0.267. The minimum atomic E-state index is -1.98. The number of hydrogen-bond acceptors (Lipinski definition) is 18. The highest BCUT2D eigenvalue weighted by Gasteiger charge is 2.54. The molecule has 0 aromatic carbocycles. The zero-order valence-corrected chi connectivity index (χ0v) is 60.6. The normalized spacial score (nSPS) is 27.0. The van der Waals surface area contributed by atoms with E-state index in [4.69, 9.17) is 28.4 Å². The van der Waals surface area contributed by atoms with E-state index in [2.05, 4.69) is 19.2 Å². The van der Waals surface area contributed by atoms with Gasteiger partial charge in [0, 0.05) is 6.42 Å². The zero-order valence-electron chi connectivity index (χ0n) is 60.6. The molecule has 3 rings (SSSR count). The first kappa shape index (κ1) is 88.7. The first-order valence-electron chi connectivity index (χ1n) is 39.9. The molecule has 3 saturated heterocycles. The predicted octanol–water partition coefficient (Wildman–Crippen LogP) is 12.8. The minimum absolute atomic E-state index is 0.250. The maximum Gasteiger partial charge on any atom is 0.220 e. The van der Waals surface area contributed by atoms with E-state index in [9.17, 15) is 61.0 Å². The van der Waals surface area contributed by atoms with E-state index >= 15 is 0 Å². The van der Waals surface area contributed by atoms with E-state index in [1.54, 1.807) is 6.08 Å². The van der Waals surface area contributed by atoms with Gasteiger partial charge in [0.1, 0.15) is 73.2 Å². The Morgan fingerprint density at radius 2 is 0.646 bits per heavy atom. The topological polar surface area (TPSA) is 307 Å². The number of rotatable bonds is 64. The molecule has 0 aromatic heterocycles. The van der Waals surface area contributed by atoms with Crippen LogP contribution in [0.3, 0.4) is 0 Å². The van der Waals surface area contributed by atoms with Gasteiger partial charge in [0.15, 0.2) is 18.9 Å². The molecule has 0 radical (unpaired) electrons. The second kappa shape index (κ2) is 59.0. The van der Waals surface area contributed by atoms with Gasteiger partial charge in [0.05, 0.1) is 38.6 Å². The Balaban J connectivity index is 1.35. The van der Waals surface area contributed by atoms with Crippen LogP contribution in [0.2, 0.25) is 0 Å². The fourth-order valence-corrected chi connectivity index (χ4v) is 13.9. The van der Waals surface area contributed by atoms with Gasteiger partial charge in [0.2, 0.25) is 5.91 Å². The molecule has 12 N–H and O–H groups in total. The van der Waals surface area contributed by atoms with Gasteiger partial charge in [-0.2, -0.15) is 0 Å². The molecule has 3 aliphatic rings. The second-order valence-electron chi connectivity index (χ2n) is 28.9. The smallest absolute Gasteiger partial charge is 0.220 e. The molecule has 0 bridgehead atoms. The highest BCUT2D eigenvalue weighted by molar-refractivity contribution is 5.76. The quantitative estimate of drug-likeness (QED) is 0.0199. The molecule has 17 unspecified atom stereocenters. The molecule has 19 heteroatoms. The van der Waals surface area contributed by atoms with Crippen molar-refractivity contribution in [1.82, 2.24) is 5.32 Å². The number of unbranched alkanes of at least 4 members (excludes halogenated alkanes) is 48. The Hall–Kier alpha value is -1.47. The van der Waals surface area contributed by atoms with E-state index in [1.807, 2.05) is 6.08 Å². The largest absolute Gasteiger partial charge is 0.394 e. The lowest BCUT2D eigenvalue weighted by atomic mass is 9.96. The van der Waals surface area contributed by atoms with E-state index in [0.29, 0.717) is 6.42 Å². The fraction of sp³-hybridized carbons (Fsp3) is 0.961.